The molecule has 1 aromatic carbocycles. The fourth-order valence-corrected chi connectivity index (χ4v) is 5.20. The van der Waals surface area contributed by atoms with Gasteiger partial charge in [0.15, 0.2) is 0 Å². The Morgan fingerprint density at radius 1 is 1.16 bits per heavy atom. The molecule has 38 heavy (non-hydrogen) atoms. The molecule has 1 saturated carbocycles. The maximum atomic E-state index is 13.5. The molecule has 200 valence electrons. The molecular formula is C28H29ClF2N4O3. The van der Waals surface area contributed by atoms with Crippen LogP contribution in [0.25, 0.3) is 6.08 Å². The van der Waals surface area contributed by atoms with Crippen molar-refractivity contribution in [3.8, 4) is 6.07 Å². The standard InChI is InChI=1S/C28H29ClF2N4O3/c1-17-20(11-18-5-9-35(10-6-18)27(38)19-3-7-28(30,31)8-4-19)12-22(29)15-24(17)33-26(37)21-13-23(16-32)34(2)25(36)14-21/h11-15,19H,3-10H2,1-2H3,(H,33,37). The van der Waals surface area contributed by atoms with Gasteiger partial charge >= 0.3 is 0 Å². The van der Waals surface area contributed by atoms with E-state index < -0.39 is 17.4 Å². The van der Waals surface area contributed by atoms with Gasteiger partial charge in [0.05, 0.1) is 0 Å². The van der Waals surface area contributed by atoms with Gasteiger partial charge < -0.3 is 14.8 Å². The largest absolute Gasteiger partial charge is 0.342 e. The van der Waals surface area contributed by atoms with E-state index in [1.54, 1.807) is 17.0 Å². The number of rotatable bonds is 4. The van der Waals surface area contributed by atoms with E-state index in [1.807, 2.05) is 19.1 Å². The van der Waals surface area contributed by atoms with Gasteiger partial charge in [-0.05, 0) is 61.9 Å². The lowest BCUT2D eigenvalue weighted by Crippen LogP contribution is -2.42. The van der Waals surface area contributed by atoms with Crippen LogP contribution in [0.5, 0.6) is 0 Å². The predicted octanol–water partition coefficient (Wildman–Crippen LogP) is 5.30. The molecule has 2 aromatic rings. The number of hydrogen-bond donors (Lipinski definition) is 1. The number of nitriles is 1. The molecule has 4 rings (SSSR count). The molecule has 2 amide bonds. The average molecular weight is 543 g/mol. The molecule has 0 atom stereocenters. The lowest BCUT2D eigenvalue weighted by Gasteiger charge is -2.34. The van der Waals surface area contributed by atoms with Crippen LogP contribution in [0.3, 0.4) is 0 Å². The maximum absolute atomic E-state index is 13.5. The van der Waals surface area contributed by atoms with E-state index in [1.165, 1.54) is 19.2 Å². The molecule has 1 aromatic heterocycles. The fourth-order valence-electron chi connectivity index (χ4n) is 4.97. The fraction of sp³-hybridized carbons (Fsp3) is 0.429. The van der Waals surface area contributed by atoms with Crippen LogP contribution < -0.4 is 10.9 Å². The Morgan fingerprint density at radius 2 is 1.82 bits per heavy atom. The second-order valence-electron chi connectivity index (χ2n) is 10.0. The molecule has 0 bridgehead atoms. The SMILES string of the molecule is Cc1c(C=C2CCN(C(=O)C3CCC(F)(F)CC3)CC2)cc(Cl)cc1NC(=O)c1cc(C#N)n(C)c(=O)c1. The highest BCUT2D eigenvalue weighted by atomic mass is 35.5. The van der Waals surface area contributed by atoms with Gasteiger partial charge in [0, 0.05) is 61.2 Å². The van der Waals surface area contributed by atoms with Gasteiger partial charge in [0.25, 0.3) is 11.5 Å². The maximum Gasteiger partial charge on any atom is 0.255 e. The highest BCUT2D eigenvalue weighted by Gasteiger charge is 2.38. The number of piperidine rings is 1. The summed E-state index contributed by atoms with van der Waals surface area (Å²) < 4.78 is 28.1. The van der Waals surface area contributed by atoms with Gasteiger partial charge in [-0.3, -0.25) is 14.4 Å². The third-order valence-electron chi connectivity index (χ3n) is 7.44. The van der Waals surface area contributed by atoms with Gasteiger partial charge in [-0.15, -0.1) is 0 Å². The van der Waals surface area contributed by atoms with E-state index >= 15 is 0 Å². The Kier molecular flexibility index (Phi) is 8.02. The Bertz CT molecular complexity index is 1390. The minimum absolute atomic E-state index is 0.0289. The number of hydrogen-bond acceptors (Lipinski definition) is 4. The van der Waals surface area contributed by atoms with Crippen molar-refractivity contribution in [3.05, 3.63) is 67.6 Å². The number of nitrogens with one attached hydrogen (secondary N) is 1. The number of aromatic nitrogens is 1. The van der Waals surface area contributed by atoms with E-state index in [0.29, 0.717) is 36.6 Å². The Labute approximate surface area is 224 Å². The minimum atomic E-state index is -2.65. The molecular weight excluding hydrogens is 514 g/mol. The summed E-state index contributed by atoms with van der Waals surface area (Å²) in [6.45, 7) is 2.91. The summed E-state index contributed by atoms with van der Waals surface area (Å²) in [6.07, 6.45) is 3.34. The second-order valence-corrected chi connectivity index (χ2v) is 10.5. The topological polar surface area (TPSA) is 95.2 Å². The molecule has 7 nitrogen and oxygen atoms in total. The zero-order valence-electron chi connectivity index (χ0n) is 21.3. The Morgan fingerprint density at radius 3 is 2.45 bits per heavy atom. The van der Waals surface area contributed by atoms with Crippen molar-refractivity contribution in [2.24, 2.45) is 13.0 Å². The lowest BCUT2D eigenvalue weighted by molar-refractivity contribution is -0.140. The van der Waals surface area contributed by atoms with Crippen molar-refractivity contribution in [2.45, 2.75) is 51.4 Å². The van der Waals surface area contributed by atoms with Gasteiger partial charge in [0.2, 0.25) is 11.8 Å². The van der Waals surface area contributed by atoms with Crippen LogP contribution in [-0.2, 0) is 11.8 Å². The summed E-state index contributed by atoms with van der Waals surface area (Å²) >= 11 is 6.35. The summed E-state index contributed by atoms with van der Waals surface area (Å²) in [5.41, 5.74) is 2.88. The third kappa shape index (κ3) is 6.13. The molecule has 10 heteroatoms. The molecule has 2 fully saturated rings. The van der Waals surface area contributed by atoms with Crippen LogP contribution in [0.4, 0.5) is 14.5 Å². The zero-order valence-corrected chi connectivity index (χ0v) is 22.1. The van der Waals surface area contributed by atoms with Crippen LogP contribution in [0.2, 0.25) is 5.02 Å². The Balaban J connectivity index is 1.45. The number of nitrogens with zero attached hydrogens (tertiary/aromatic N) is 3. The molecule has 0 radical (unpaired) electrons. The van der Waals surface area contributed by atoms with Crippen LogP contribution >= 0.6 is 11.6 Å². The summed E-state index contributed by atoms with van der Waals surface area (Å²) in [4.78, 5) is 39.6. The molecule has 1 saturated heterocycles. The van der Waals surface area contributed by atoms with Gasteiger partial charge in [-0.2, -0.15) is 5.26 Å². The van der Waals surface area contributed by atoms with E-state index in [9.17, 15) is 28.4 Å². The normalized spacial score (nSPS) is 17.6. The van der Waals surface area contributed by atoms with Crippen molar-refractivity contribution in [2.75, 3.05) is 18.4 Å². The van der Waals surface area contributed by atoms with Gasteiger partial charge in [-0.25, -0.2) is 8.78 Å². The number of carbonyl (C=O) groups is 2. The van der Waals surface area contributed by atoms with Crippen molar-refractivity contribution in [1.29, 1.82) is 5.26 Å². The number of benzene rings is 1. The zero-order chi connectivity index (χ0) is 27.6. The predicted molar refractivity (Wildman–Crippen MR) is 141 cm³/mol. The molecule has 1 aliphatic carbocycles. The number of likely N-dealkylation sites (tertiary alicyclic amines) is 1. The highest BCUT2D eigenvalue weighted by molar-refractivity contribution is 6.31. The van der Waals surface area contributed by atoms with E-state index in [0.717, 1.165) is 21.3 Å². The smallest absolute Gasteiger partial charge is 0.255 e. The number of carbonyl (C=O) groups excluding carboxylic acids is 2. The van der Waals surface area contributed by atoms with Crippen LogP contribution in [0.1, 0.15) is 65.7 Å². The summed E-state index contributed by atoms with van der Waals surface area (Å²) in [7, 11) is 1.46. The summed E-state index contributed by atoms with van der Waals surface area (Å²) in [6, 6.07) is 7.85. The molecule has 1 N–H and O–H groups in total. The van der Waals surface area contributed by atoms with Gasteiger partial charge in [0.1, 0.15) is 11.8 Å². The highest BCUT2D eigenvalue weighted by Crippen LogP contribution is 2.37. The number of alkyl halides is 2. The van der Waals surface area contributed by atoms with Crippen LogP contribution in [-0.4, -0.2) is 40.3 Å². The third-order valence-corrected chi connectivity index (χ3v) is 7.66. The van der Waals surface area contributed by atoms with Crippen molar-refractivity contribution in [3.63, 3.8) is 0 Å². The van der Waals surface area contributed by atoms with Crippen molar-refractivity contribution in [1.82, 2.24) is 9.47 Å². The van der Waals surface area contributed by atoms with Crippen molar-refractivity contribution >= 4 is 35.2 Å². The van der Waals surface area contributed by atoms with Crippen molar-refractivity contribution < 1.29 is 18.4 Å². The lowest BCUT2D eigenvalue weighted by atomic mass is 9.85. The van der Waals surface area contributed by atoms with Crippen LogP contribution in [0, 0.1) is 24.2 Å². The number of anilines is 1. The number of pyridine rings is 1. The summed E-state index contributed by atoms with van der Waals surface area (Å²) in [5, 5.41) is 12.4. The minimum Gasteiger partial charge on any atom is -0.342 e. The number of halogens is 3. The first-order chi connectivity index (χ1) is 18.0. The average Bonchev–Trinajstić information content (AvgIpc) is 2.88. The Hall–Kier alpha value is -3.51. The van der Waals surface area contributed by atoms with E-state index in [2.05, 4.69) is 5.32 Å². The molecule has 0 spiro atoms. The monoisotopic (exact) mass is 542 g/mol. The van der Waals surface area contributed by atoms with Crippen LogP contribution in [0.15, 0.2) is 34.6 Å². The first-order valence-corrected chi connectivity index (χ1v) is 12.9. The van der Waals surface area contributed by atoms with E-state index in [4.69, 9.17) is 11.6 Å². The molecule has 2 aliphatic rings. The van der Waals surface area contributed by atoms with E-state index in [-0.39, 0.29) is 48.8 Å². The number of amides is 2. The molecule has 2 heterocycles. The first kappa shape index (κ1) is 27.5. The quantitative estimate of drug-likeness (QED) is 0.567. The summed E-state index contributed by atoms with van der Waals surface area (Å²) in [5.74, 6) is -3.54. The second kappa shape index (κ2) is 11.1. The molecule has 0 unspecified atom stereocenters. The van der Waals surface area contributed by atoms with Gasteiger partial charge in [-0.1, -0.05) is 23.3 Å². The molecule has 1 aliphatic heterocycles. The first-order valence-electron chi connectivity index (χ1n) is 12.6.